The van der Waals surface area contributed by atoms with Crippen molar-refractivity contribution in [1.82, 2.24) is 15.3 Å². The predicted molar refractivity (Wildman–Crippen MR) is 110 cm³/mol. The molecule has 1 aliphatic rings. The van der Waals surface area contributed by atoms with Crippen molar-refractivity contribution in [2.24, 2.45) is 0 Å². The number of aromatic nitrogens is 2. The third-order valence-corrected chi connectivity index (χ3v) is 5.01. The van der Waals surface area contributed by atoms with Gasteiger partial charge in [0.05, 0.1) is 5.56 Å². The minimum Gasteiger partial charge on any atom is -0.368 e. The number of piperazine rings is 1. The zero-order chi connectivity index (χ0) is 20.1. The maximum Gasteiger partial charge on any atom is 0.253 e. The number of benzene rings is 1. The van der Waals surface area contributed by atoms with Crippen molar-refractivity contribution < 1.29 is 9.18 Å². The number of nitrogens with one attached hydrogen (secondary N) is 1. The highest BCUT2D eigenvalue weighted by atomic mass is 19.1. The van der Waals surface area contributed by atoms with Crippen molar-refractivity contribution in [3.63, 3.8) is 0 Å². The van der Waals surface area contributed by atoms with Crippen molar-refractivity contribution in [2.45, 2.75) is 6.54 Å². The van der Waals surface area contributed by atoms with Crippen LogP contribution in [0, 0.1) is 5.82 Å². The first-order valence-corrected chi connectivity index (χ1v) is 9.58. The van der Waals surface area contributed by atoms with Gasteiger partial charge in [-0.3, -0.25) is 9.78 Å². The van der Waals surface area contributed by atoms with Gasteiger partial charge in [-0.2, -0.15) is 0 Å². The molecular weight excluding hydrogens is 369 g/mol. The molecule has 1 aliphatic heterocycles. The van der Waals surface area contributed by atoms with E-state index in [9.17, 15) is 9.18 Å². The molecule has 1 fully saturated rings. The number of halogens is 1. The molecule has 6 nitrogen and oxygen atoms in total. The second kappa shape index (κ2) is 8.68. The Hall–Kier alpha value is -3.48. The molecule has 1 aromatic carbocycles. The topological polar surface area (TPSA) is 61.4 Å². The predicted octanol–water partition coefficient (Wildman–Crippen LogP) is 2.87. The molecule has 0 unspecified atom stereocenters. The number of carbonyl (C=O) groups excluding carboxylic acids is 1. The second-order valence-electron chi connectivity index (χ2n) is 6.89. The molecule has 7 heteroatoms. The number of rotatable bonds is 5. The van der Waals surface area contributed by atoms with Gasteiger partial charge in [-0.25, -0.2) is 9.37 Å². The molecule has 4 rings (SSSR count). The lowest BCUT2D eigenvalue weighted by Gasteiger charge is -2.36. The van der Waals surface area contributed by atoms with Gasteiger partial charge < -0.3 is 15.1 Å². The van der Waals surface area contributed by atoms with Crippen LogP contribution >= 0.6 is 0 Å². The van der Waals surface area contributed by atoms with Gasteiger partial charge in [0.15, 0.2) is 0 Å². The Kier molecular flexibility index (Phi) is 5.65. The summed E-state index contributed by atoms with van der Waals surface area (Å²) in [6, 6.07) is 14.0. The van der Waals surface area contributed by atoms with E-state index in [1.165, 1.54) is 12.1 Å². The van der Waals surface area contributed by atoms with Crippen LogP contribution in [0.4, 0.5) is 15.9 Å². The quantitative estimate of drug-likeness (QED) is 0.725. The van der Waals surface area contributed by atoms with E-state index in [1.54, 1.807) is 24.7 Å². The third-order valence-electron chi connectivity index (χ3n) is 5.01. The molecule has 1 saturated heterocycles. The third kappa shape index (κ3) is 4.68. The van der Waals surface area contributed by atoms with Crippen LogP contribution in [0.1, 0.15) is 15.9 Å². The van der Waals surface area contributed by atoms with Gasteiger partial charge in [-0.15, -0.1) is 0 Å². The summed E-state index contributed by atoms with van der Waals surface area (Å²) in [6.45, 7) is 3.76. The van der Waals surface area contributed by atoms with E-state index < -0.39 is 0 Å². The van der Waals surface area contributed by atoms with Crippen LogP contribution in [0.15, 0.2) is 67.1 Å². The molecule has 1 N–H and O–H groups in total. The summed E-state index contributed by atoms with van der Waals surface area (Å²) in [7, 11) is 0. The molecular formula is C22H22FN5O. The van der Waals surface area contributed by atoms with E-state index >= 15 is 0 Å². The first-order chi connectivity index (χ1) is 14.2. The van der Waals surface area contributed by atoms with Crippen molar-refractivity contribution in [3.8, 4) is 0 Å². The molecule has 3 heterocycles. The van der Waals surface area contributed by atoms with E-state index in [1.807, 2.05) is 30.3 Å². The van der Waals surface area contributed by atoms with Gasteiger partial charge in [0, 0.05) is 57.0 Å². The van der Waals surface area contributed by atoms with Gasteiger partial charge in [-0.1, -0.05) is 0 Å². The normalized spacial score (nSPS) is 14.0. The van der Waals surface area contributed by atoms with Crippen LogP contribution in [0.3, 0.4) is 0 Å². The molecule has 0 saturated carbocycles. The molecule has 1 amide bonds. The van der Waals surface area contributed by atoms with Gasteiger partial charge in [0.25, 0.3) is 5.91 Å². The Morgan fingerprint density at radius 1 is 0.931 bits per heavy atom. The Bertz CT molecular complexity index is 939. The summed E-state index contributed by atoms with van der Waals surface area (Å²) in [5, 5.41) is 2.89. The van der Waals surface area contributed by atoms with Gasteiger partial charge in [-0.05, 0) is 54.1 Å². The number of pyridine rings is 2. The van der Waals surface area contributed by atoms with E-state index in [0.29, 0.717) is 12.1 Å². The van der Waals surface area contributed by atoms with E-state index in [4.69, 9.17) is 0 Å². The average molecular weight is 391 g/mol. The Morgan fingerprint density at radius 3 is 2.28 bits per heavy atom. The fraction of sp³-hybridized carbons (Fsp3) is 0.227. The first kappa shape index (κ1) is 18.9. The van der Waals surface area contributed by atoms with Crippen LogP contribution in [0.25, 0.3) is 0 Å². The number of amides is 1. The fourth-order valence-electron chi connectivity index (χ4n) is 3.34. The lowest BCUT2D eigenvalue weighted by molar-refractivity contribution is 0.0950. The number of carbonyl (C=O) groups is 1. The van der Waals surface area contributed by atoms with Crippen molar-refractivity contribution in [3.05, 3.63) is 84.1 Å². The summed E-state index contributed by atoms with van der Waals surface area (Å²) in [6.07, 6.45) is 5.02. The molecule has 0 bridgehead atoms. The molecule has 0 radical (unpaired) electrons. The van der Waals surface area contributed by atoms with Crippen LogP contribution in [0.2, 0.25) is 0 Å². The Labute approximate surface area is 169 Å². The number of hydrogen-bond acceptors (Lipinski definition) is 5. The SMILES string of the molecule is O=C(NCc1ccncc1)c1ccc(N2CCN(c3ccc(F)cc3)CC2)nc1. The minimum absolute atomic E-state index is 0.151. The van der Waals surface area contributed by atoms with Crippen LogP contribution < -0.4 is 15.1 Å². The average Bonchev–Trinajstić information content (AvgIpc) is 2.79. The summed E-state index contributed by atoms with van der Waals surface area (Å²) in [5.41, 5.74) is 2.56. The number of hydrogen-bond donors (Lipinski definition) is 1. The highest BCUT2D eigenvalue weighted by molar-refractivity contribution is 5.94. The van der Waals surface area contributed by atoms with Gasteiger partial charge in [0.2, 0.25) is 0 Å². The fourth-order valence-corrected chi connectivity index (χ4v) is 3.34. The summed E-state index contributed by atoms with van der Waals surface area (Å²) >= 11 is 0. The zero-order valence-electron chi connectivity index (χ0n) is 16.0. The first-order valence-electron chi connectivity index (χ1n) is 9.58. The molecule has 29 heavy (non-hydrogen) atoms. The zero-order valence-corrected chi connectivity index (χ0v) is 16.0. The van der Waals surface area contributed by atoms with E-state index in [2.05, 4.69) is 25.1 Å². The Balaban J connectivity index is 1.31. The molecule has 3 aromatic rings. The molecule has 0 spiro atoms. The monoisotopic (exact) mass is 391 g/mol. The van der Waals surface area contributed by atoms with Crippen molar-refractivity contribution in [2.75, 3.05) is 36.0 Å². The molecule has 2 aromatic heterocycles. The van der Waals surface area contributed by atoms with Crippen molar-refractivity contribution >= 4 is 17.4 Å². The lowest BCUT2D eigenvalue weighted by atomic mass is 10.2. The van der Waals surface area contributed by atoms with E-state index in [-0.39, 0.29) is 11.7 Å². The summed E-state index contributed by atoms with van der Waals surface area (Å²) < 4.78 is 13.1. The second-order valence-corrected chi connectivity index (χ2v) is 6.89. The molecule has 148 valence electrons. The minimum atomic E-state index is -0.221. The maximum atomic E-state index is 13.1. The molecule has 0 atom stereocenters. The van der Waals surface area contributed by atoms with E-state index in [0.717, 1.165) is 43.2 Å². The van der Waals surface area contributed by atoms with Crippen LogP contribution in [-0.2, 0) is 6.54 Å². The van der Waals surface area contributed by atoms with Gasteiger partial charge in [0.1, 0.15) is 11.6 Å². The number of anilines is 2. The maximum absolute atomic E-state index is 13.1. The van der Waals surface area contributed by atoms with Crippen LogP contribution in [-0.4, -0.2) is 42.1 Å². The smallest absolute Gasteiger partial charge is 0.253 e. The van der Waals surface area contributed by atoms with Gasteiger partial charge >= 0.3 is 0 Å². The van der Waals surface area contributed by atoms with Crippen molar-refractivity contribution in [1.29, 1.82) is 0 Å². The summed E-state index contributed by atoms with van der Waals surface area (Å²) in [4.78, 5) is 25.2. The Morgan fingerprint density at radius 2 is 1.62 bits per heavy atom. The lowest BCUT2D eigenvalue weighted by Crippen LogP contribution is -2.46. The number of nitrogens with zero attached hydrogens (tertiary/aromatic N) is 4. The largest absolute Gasteiger partial charge is 0.368 e. The standard InChI is InChI=1S/C22H22FN5O/c23-19-2-4-20(5-3-19)27-11-13-28(14-12-27)21-6-1-18(16-25-21)22(29)26-15-17-7-9-24-10-8-17/h1-10,16H,11-15H2,(H,26,29). The highest BCUT2D eigenvalue weighted by Crippen LogP contribution is 2.19. The molecule has 0 aliphatic carbocycles. The summed E-state index contributed by atoms with van der Waals surface area (Å²) in [5.74, 6) is 0.484. The highest BCUT2D eigenvalue weighted by Gasteiger charge is 2.18. The van der Waals surface area contributed by atoms with Crippen LogP contribution in [0.5, 0.6) is 0 Å².